The molecule has 0 saturated carbocycles. The van der Waals surface area contributed by atoms with Gasteiger partial charge in [-0.3, -0.25) is 14.4 Å². The summed E-state index contributed by atoms with van der Waals surface area (Å²) in [7, 11) is 0. The highest BCUT2D eigenvalue weighted by molar-refractivity contribution is 5.61. The van der Waals surface area contributed by atoms with Crippen molar-refractivity contribution in [2.24, 2.45) is 0 Å². The fourth-order valence-electron chi connectivity index (χ4n) is 2.18. The molecule has 1 aliphatic heterocycles. The molecule has 1 aromatic rings. The summed E-state index contributed by atoms with van der Waals surface area (Å²) in [6.07, 6.45) is 1.41. The molecule has 1 saturated heterocycles. The number of nitrogens with one attached hydrogen (secondary N) is 1. The number of carbonyl (C=O) groups is 1. The number of amides is 1. The first-order chi connectivity index (χ1) is 9.67. The summed E-state index contributed by atoms with van der Waals surface area (Å²) in [5.41, 5.74) is -0.858. The standard InChI is InChI=1S/C13H18N2O5/c1-2-19-13-10(11(17)12(13)18)14-4-3-9-7-15(8-16)5-6-20-9/h8-9,14H,2-7H2,1H3. The summed E-state index contributed by atoms with van der Waals surface area (Å²) in [5, 5.41) is 2.91. The lowest BCUT2D eigenvalue weighted by atomic mass is 10.2. The number of carbonyl (C=O) groups excluding carboxylic acids is 1. The van der Waals surface area contributed by atoms with Gasteiger partial charge < -0.3 is 19.7 Å². The highest BCUT2D eigenvalue weighted by Gasteiger charge is 2.23. The average Bonchev–Trinajstić information content (AvgIpc) is 2.49. The van der Waals surface area contributed by atoms with E-state index in [9.17, 15) is 14.4 Å². The highest BCUT2D eigenvalue weighted by atomic mass is 16.5. The van der Waals surface area contributed by atoms with E-state index in [1.807, 2.05) is 0 Å². The van der Waals surface area contributed by atoms with E-state index in [2.05, 4.69) is 5.32 Å². The lowest BCUT2D eigenvalue weighted by Gasteiger charge is -2.30. The van der Waals surface area contributed by atoms with Crippen LogP contribution in [-0.2, 0) is 9.53 Å². The summed E-state index contributed by atoms with van der Waals surface area (Å²) in [6.45, 7) is 4.27. The second kappa shape index (κ2) is 6.51. The minimum Gasteiger partial charge on any atom is -0.488 e. The van der Waals surface area contributed by atoms with Crippen molar-refractivity contribution in [1.29, 1.82) is 0 Å². The fourth-order valence-corrected chi connectivity index (χ4v) is 2.18. The van der Waals surface area contributed by atoms with Gasteiger partial charge in [0.05, 0.1) is 19.3 Å². The monoisotopic (exact) mass is 282 g/mol. The van der Waals surface area contributed by atoms with Crippen molar-refractivity contribution in [3.8, 4) is 5.75 Å². The molecule has 0 bridgehead atoms. The molecule has 7 heteroatoms. The summed E-state index contributed by atoms with van der Waals surface area (Å²) in [5.74, 6) is 0.122. The van der Waals surface area contributed by atoms with Gasteiger partial charge in [-0.15, -0.1) is 0 Å². The van der Waals surface area contributed by atoms with Gasteiger partial charge in [0.2, 0.25) is 6.41 Å². The summed E-state index contributed by atoms with van der Waals surface area (Å²) in [4.78, 5) is 35.0. The van der Waals surface area contributed by atoms with E-state index >= 15 is 0 Å². The third kappa shape index (κ3) is 2.98. The number of nitrogens with zero attached hydrogens (tertiary/aromatic N) is 1. The van der Waals surface area contributed by atoms with Crippen molar-refractivity contribution in [1.82, 2.24) is 4.90 Å². The maximum absolute atomic E-state index is 11.4. The van der Waals surface area contributed by atoms with E-state index in [0.29, 0.717) is 39.3 Å². The molecule has 1 fully saturated rings. The fraction of sp³-hybridized carbons (Fsp3) is 0.615. The SMILES string of the molecule is CCOc1c(NCCC2CN(C=O)CCO2)c(=O)c1=O. The van der Waals surface area contributed by atoms with Crippen LogP contribution in [0.5, 0.6) is 5.75 Å². The molecule has 1 atom stereocenters. The molecule has 0 aliphatic carbocycles. The molecule has 2 rings (SSSR count). The zero-order valence-electron chi connectivity index (χ0n) is 11.4. The number of morpholine rings is 1. The van der Waals surface area contributed by atoms with Gasteiger partial charge in [-0.25, -0.2) is 0 Å². The van der Waals surface area contributed by atoms with Crippen LogP contribution in [0, 0.1) is 0 Å². The molecule has 7 nitrogen and oxygen atoms in total. The van der Waals surface area contributed by atoms with Crippen molar-refractivity contribution in [3.63, 3.8) is 0 Å². The first-order valence-corrected chi connectivity index (χ1v) is 6.68. The van der Waals surface area contributed by atoms with Crippen LogP contribution < -0.4 is 20.9 Å². The van der Waals surface area contributed by atoms with Gasteiger partial charge in [-0.1, -0.05) is 0 Å². The number of hydrogen-bond donors (Lipinski definition) is 1. The van der Waals surface area contributed by atoms with Crippen LogP contribution in [0.2, 0.25) is 0 Å². The Morgan fingerprint density at radius 1 is 1.45 bits per heavy atom. The number of ether oxygens (including phenoxy) is 2. The summed E-state index contributed by atoms with van der Waals surface area (Å²) < 4.78 is 10.6. The number of anilines is 1. The van der Waals surface area contributed by atoms with Crippen molar-refractivity contribution in [2.75, 3.05) is 38.2 Å². The van der Waals surface area contributed by atoms with E-state index in [0.717, 1.165) is 6.41 Å². The van der Waals surface area contributed by atoms with Gasteiger partial charge in [0.15, 0.2) is 5.75 Å². The summed E-state index contributed by atoms with van der Waals surface area (Å²) >= 11 is 0. The van der Waals surface area contributed by atoms with Crippen LogP contribution in [-0.4, -0.2) is 50.3 Å². The Bertz CT molecular complexity index is 535. The third-order valence-corrected chi connectivity index (χ3v) is 3.24. The Morgan fingerprint density at radius 2 is 2.25 bits per heavy atom. The van der Waals surface area contributed by atoms with E-state index in [4.69, 9.17) is 9.47 Å². The second-order valence-electron chi connectivity index (χ2n) is 4.60. The highest BCUT2D eigenvalue weighted by Crippen LogP contribution is 2.17. The molecule has 110 valence electrons. The van der Waals surface area contributed by atoms with Gasteiger partial charge in [0, 0.05) is 19.6 Å². The Hall–Kier alpha value is -1.89. The van der Waals surface area contributed by atoms with Crippen LogP contribution in [0.25, 0.3) is 0 Å². The molecule has 1 heterocycles. The van der Waals surface area contributed by atoms with E-state index in [1.165, 1.54) is 0 Å². The predicted octanol–water partition coefficient (Wildman–Crippen LogP) is -0.659. The van der Waals surface area contributed by atoms with Crippen molar-refractivity contribution in [3.05, 3.63) is 20.4 Å². The number of rotatable bonds is 7. The molecule has 0 radical (unpaired) electrons. The first kappa shape index (κ1) is 14.5. The van der Waals surface area contributed by atoms with Gasteiger partial charge in [-0.2, -0.15) is 0 Å². The molecular weight excluding hydrogens is 264 g/mol. The Morgan fingerprint density at radius 3 is 2.95 bits per heavy atom. The minimum atomic E-state index is -0.574. The molecule has 1 aromatic carbocycles. The van der Waals surface area contributed by atoms with Crippen LogP contribution >= 0.6 is 0 Å². The zero-order valence-corrected chi connectivity index (χ0v) is 11.4. The van der Waals surface area contributed by atoms with Crippen molar-refractivity contribution < 1.29 is 14.3 Å². The van der Waals surface area contributed by atoms with Crippen molar-refractivity contribution in [2.45, 2.75) is 19.4 Å². The van der Waals surface area contributed by atoms with Gasteiger partial charge in [-0.05, 0) is 13.3 Å². The molecule has 1 N–H and O–H groups in total. The van der Waals surface area contributed by atoms with E-state index in [1.54, 1.807) is 11.8 Å². The van der Waals surface area contributed by atoms with Crippen LogP contribution in [0.15, 0.2) is 9.59 Å². The van der Waals surface area contributed by atoms with E-state index in [-0.39, 0.29) is 17.5 Å². The van der Waals surface area contributed by atoms with Gasteiger partial charge in [0.1, 0.15) is 5.69 Å². The molecule has 1 aliphatic rings. The molecule has 1 amide bonds. The maximum atomic E-state index is 11.4. The largest absolute Gasteiger partial charge is 0.488 e. The average molecular weight is 282 g/mol. The van der Waals surface area contributed by atoms with Gasteiger partial charge >= 0.3 is 0 Å². The minimum absolute atomic E-state index is 0.0523. The molecular formula is C13H18N2O5. The van der Waals surface area contributed by atoms with Crippen LogP contribution in [0.4, 0.5) is 5.69 Å². The van der Waals surface area contributed by atoms with E-state index < -0.39 is 10.9 Å². The summed E-state index contributed by atoms with van der Waals surface area (Å²) in [6, 6.07) is 0. The number of hydrogen-bond acceptors (Lipinski definition) is 6. The second-order valence-corrected chi connectivity index (χ2v) is 4.60. The van der Waals surface area contributed by atoms with Crippen LogP contribution in [0.1, 0.15) is 13.3 Å². The van der Waals surface area contributed by atoms with Crippen LogP contribution in [0.3, 0.4) is 0 Å². The quantitative estimate of drug-likeness (QED) is 0.528. The molecule has 0 spiro atoms. The predicted molar refractivity (Wildman–Crippen MR) is 73.0 cm³/mol. The Kier molecular flexibility index (Phi) is 4.73. The lowest BCUT2D eigenvalue weighted by Crippen LogP contribution is -2.42. The zero-order chi connectivity index (χ0) is 14.5. The molecule has 20 heavy (non-hydrogen) atoms. The first-order valence-electron chi connectivity index (χ1n) is 6.68. The smallest absolute Gasteiger partial charge is 0.272 e. The molecule has 1 unspecified atom stereocenters. The third-order valence-electron chi connectivity index (χ3n) is 3.24. The normalized spacial score (nSPS) is 19.1. The van der Waals surface area contributed by atoms with Crippen molar-refractivity contribution >= 4 is 12.1 Å². The maximum Gasteiger partial charge on any atom is 0.272 e. The lowest BCUT2D eigenvalue weighted by molar-refractivity contribution is -0.125. The Labute approximate surface area is 116 Å². The Balaban J connectivity index is 1.81. The topological polar surface area (TPSA) is 84.9 Å². The van der Waals surface area contributed by atoms with Gasteiger partial charge in [0.25, 0.3) is 10.9 Å². The molecule has 0 aromatic heterocycles.